The summed E-state index contributed by atoms with van der Waals surface area (Å²) >= 11 is 0. The fourth-order valence-corrected chi connectivity index (χ4v) is 3.73. The molecule has 0 radical (unpaired) electrons. The molecule has 5 nitrogen and oxygen atoms in total. The minimum atomic E-state index is -0.432. The second-order valence-corrected chi connectivity index (χ2v) is 6.77. The highest BCUT2D eigenvalue weighted by Crippen LogP contribution is 2.29. The van der Waals surface area contributed by atoms with E-state index in [4.69, 9.17) is 9.15 Å². The molecule has 0 saturated carbocycles. The quantitative estimate of drug-likeness (QED) is 0.939. The molecule has 126 valence electrons. The van der Waals surface area contributed by atoms with E-state index in [1.54, 1.807) is 6.07 Å². The van der Waals surface area contributed by atoms with Gasteiger partial charge in [0.05, 0.1) is 0 Å². The van der Waals surface area contributed by atoms with E-state index in [-0.39, 0.29) is 12.0 Å². The molecule has 0 spiro atoms. The van der Waals surface area contributed by atoms with Gasteiger partial charge in [-0.05, 0) is 50.9 Å². The number of piperidine rings is 3. The van der Waals surface area contributed by atoms with E-state index < -0.39 is 6.09 Å². The lowest BCUT2D eigenvalue weighted by atomic mass is 9.84. The van der Waals surface area contributed by atoms with Crippen molar-refractivity contribution in [3.63, 3.8) is 0 Å². The van der Waals surface area contributed by atoms with Crippen molar-refractivity contribution < 1.29 is 13.9 Å². The van der Waals surface area contributed by atoms with Gasteiger partial charge in [0.2, 0.25) is 0 Å². The van der Waals surface area contributed by atoms with Crippen LogP contribution in [-0.2, 0) is 0 Å². The van der Waals surface area contributed by atoms with Crippen LogP contribution in [0.4, 0.5) is 4.79 Å². The molecule has 4 heterocycles. The van der Waals surface area contributed by atoms with E-state index in [0.29, 0.717) is 11.7 Å². The van der Waals surface area contributed by atoms with Gasteiger partial charge in [0.25, 0.3) is 5.95 Å². The van der Waals surface area contributed by atoms with E-state index in [9.17, 15) is 4.79 Å². The second-order valence-electron chi connectivity index (χ2n) is 6.77. The van der Waals surface area contributed by atoms with Gasteiger partial charge in [-0.25, -0.2) is 4.79 Å². The molecular formula is C19H22N2O3. The predicted molar refractivity (Wildman–Crippen MR) is 91.0 cm³/mol. The highest BCUT2D eigenvalue weighted by molar-refractivity contribution is 5.70. The molecule has 1 aromatic heterocycles. The number of nitrogens with one attached hydrogen (secondary N) is 1. The van der Waals surface area contributed by atoms with Crippen LogP contribution in [0.25, 0.3) is 11.3 Å². The van der Waals surface area contributed by atoms with Crippen molar-refractivity contribution in [3.8, 4) is 17.3 Å². The van der Waals surface area contributed by atoms with Gasteiger partial charge in [0, 0.05) is 24.2 Å². The molecule has 3 aliphatic rings. The third-order valence-electron chi connectivity index (χ3n) is 5.04. The normalized spacial score (nSPS) is 25.5. The molecule has 1 aromatic carbocycles. The summed E-state index contributed by atoms with van der Waals surface area (Å²) in [4.78, 5) is 14.5. The minimum Gasteiger partial charge on any atom is -0.425 e. The number of carbonyl (C=O) groups is 1. The molecule has 1 N–H and O–H groups in total. The highest BCUT2D eigenvalue weighted by Gasteiger charge is 2.35. The van der Waals surface area contributed by atoms with Gasteiger partial charge in [-0.2, -0.15) is 0 Å². The van der Waals surface area contributed by atoms with E-state index in [2.05, 4.69) is 10.2 Å². The zero-order valence-electron chi connectivity index (χ0n) is 13.8. The van der Waals surface area contributed by atoms with Crippen LogP contribution in [0.5, 0.6) is 5.95 Å². The molecule has 2 bridgehead atoms. The first kappa shape index (κ1) is 15.3. The van der Waals surface area contributed by atoms with Gasteiger partial charge < -0.3 is 19.4 Å². The zero-order chi connectivity index (χ0) is 16.5. The molecule has 3 saturated heterocycles. The van der Waals surface area contributed by atoms with Crippen LogP contribution in [0, 0.1) is 12.8 Å². The Kier molecular flexibility index (Phi) is 4.02. The first-order valence-electron chi connectivity index (χ1n) is 8.55. The van der Waals surface area contributed by atoms with Crippen LogP contribution in [0.1, 0.15) is 18.4 Å². The van der Waals surface area contributed by atoms with Crippen molar-refractivity contribution in [2.75, 3.05) is 19.6 Å². The summed E-state index contributed by atoms with van der Waals surface area (Å²) in [5, 5.41) is 2.99. The Balaban J connectivity index is 1.38. The van der Waals surface area contributed by atoms with Crippen molar-refractivity contribution in [2.24, 2.45) is 5.92 Å². The molecule has 1 amide bonds. The monoisotopic (exact) mass is 326 g/mol. The van der Waals surface area contributed by atoms with E-state index in [1.807, 2.05) is 37.3 Å². The Morgan fingerprint density at radius 3 is 2.79 bits per heavy atom. The lowest BCUT2D eigenvalue weighted by molar-refractivity contribution is 0.0715. The average molecular weight is 326 g/mol. The summed E-state index contributed by atoms with van der Waals surface area (Å²) in [7, 11) is 0. The smallest absolute Gasteiger partial charge is 0.415 e. The third-order valence-corrected chi connectivity index (χ3v) is 5.04. The Morgan fingerprint density at radius 2 is 2.08 bits per heavy atom. The molecule has 5 rings (SSSR count). The van der Waals surface area contributed by atoms with Crippen LogP contribution in [0.2, 0.25) is 0 Å². The van der Waals surface area contributed by atoms with Gasteiger partial charge in [-0.3, -0.25) is 0 Å². The number of ether oxygens (including phenoxy) is 1. The average Bonchev–Trinajstić information content (AvgIpc) is 3.04. The van der Waals surface area contributed by atoms with Crippen LogP contribution >= 0.6 is 0 Å². The summed E-state index contributed by atoms with van der Waals surface area (Å²) in [6, 6.07) is 11.7. The number of aryl methyl sites for hydroxylation is 1. The number of benzene rings is 1. The van der Waals surface area contributed by atoms with Gasteiger partial charge in [0.15, 0.2) is 0 Å². The zero-order valence-corrected chi connectivity index (χ0v) is 13.8. The second kappa shape index (κ2) is 6.32. The van der Waals surface area contributed by atoms with Crippen LogP contribution < -0.4 is 10.1 Å². The summed E-state index contributed by atoms with van der Waals surface area (Å²) < 4.78 is 11.0. The number of carbonyl (C=O) groups excluding carboxylic acids is 1. The molecule has 3 fully saturated rings. The van der Waals surface area contributed by atoms with Gasteiger partial charge in [-0.15, -0.1) is 0 Å². The molecule has 24 heavy (non-hydrogen) atoms. The maximum atomic E-state index is 12.1. The minimum absolute atomic E-state index is 0.186. The summed E-state index contributed by atoms with van der Waals surface area (Å²) in [6.45, 7) is 5.25. The van der Waals surface area contributed by atoms with E-state index in [1.165, 1.54) is 0 Å². The van der Waals surface area contributed by atoms with Crippen LogP contribution in [-0.4, -0.2) is 36.7 Å². The van der Waals surface area contributed by atoms with Crippen LogP contribution in [0.3, 0.4) is 0 Å². The van der Waals surface area contributed by atoms with Gasteiger partial charge in [-0.1, -0.05) is 23.8 Å². The van der Waals surface area contributed by atoms with Crippen molar-refractivity contribution in [1.82, 2.24) is 10.2 Å². The SMILES string of the molecule is Cc1cccc(-c2ccc(OC(=O)N[C@H]3CN4CCC3CC4)o2)c1. The highest BCUT2D eigenvalue weighted by atomic mass is 16.6. The molecule has 5 heteroatoms. The molecule has 0 aliphatic carbocycles. The summed E-state index contributed by atoms with van der Waals surface area (Å²) in [5.74, 6) is 1.50. The molecule has 1 atom stereocenters. The lowest BCUT2D eigenvalue weighted by Gasteiger charge is -2.44. The largest absolute Gasteiger partial charge is 0.425 e. The standard InChI is InChI=1S/C19H22N2O3/c1-13-3-2-4-15(11-13)17-5-6-18(23-17)24-19(22)20-16-12-21-9-7-14(16)8-10-21/h2-6,11,14,16H,7-10,12H2,1H3,(H,20,22)/t16-/m0/s1. The maximum absolute atomic E-state index is 12.1. The molecule has 2 aromatic rings. The van der Waals surface area contributed by atoms with Crippen molar-refractivity contribution in [1.29, 1.82) is 0 Å². The summed E-state index contributed by atoms with van der Waals surface area (Å²) in [6.07, 6.45) is 1.88. The lowest BCUT2D eigenvalue weighted by Crippen LogP contribution is -2.57. The van der Waals surface area contributed by atoms with Crippen molar-refractivity contribution in [3.05, 3.63) is 42.0 Å². The molecular weight excluding hydrogens is 304 g/mol. The number of fused-ring (bicyclic) bond motifs is 3. The molecule has 0 unspecified atom stereocenters. The number of hydrogen-bond donors (Lipinski definition) is 1. The number of nitrogens with zero attached hydrogens (tertiary/aromatic N) is 1. The first-order chi connectivity index (χ1) is 11.7. The van der Waals surface area contributed by atoms with E-state index >= 15 is 0 Å². The number of amides is 1. The Morgan fingerprint density at radius 1 is 1.25 bits per heavy atom. The first-order valence-corrected chi connectivity index (χ1v) is 8.55. The fraction of sp³-hybridized carbons (Fsp3) is 0.421. The van der Waals surface area contributed by atoms with Crippen molar-refractivity contribution >= 4 is 6.09 Å². The van der Waals surface area contributed by atoms with E-state index in [0.717, 1.165) is 43.6 Å². The van der Waals surface area contributed by atoms with Gasteiger partial charge >= 0.3 is 6.09 Å². The van der Waals surface area contributed by atoms with Crippen molar-refractivity contribution in [2.45, 2.75) is 25.8 Å². The Bertz CT molecular complexity index is 732. The Hall–Kier alpha value is -2.27. The fourth-order valence-electron chi connectivity index (χ4n) is 3.73. The number of rotatable bonds is 3. The number of hydrogen-bond acceptors (Lipinski definition) is 4. The third kappa shape index (κ3) is 3.17. The van der Waals surface area contributed by atoms with Crippen LogP contribution in [0.15, 0.2) is 40.8 Å². The maximum Gasteiger partial charge on any atom is 0.415 e. The predicted octanol–water partition coefficient (Wildman–Crippen LogP) is 3.44. The van der Waals surface area contributed by atoms with Gasteiger partial charge in [0.1, 0.15) is 5.76 Å². The molecule has 3 aliphatic heterocycles. The topological polar surface area (TPSA) is 54.7 Å². The number of furan rings is 1. The Labute approximate surface area is 141 Å². The summed E-state index contributed by atoms with van der Waals surface area (Å²) in [5.41, 5.74) is 2.13.